The molecule has 23 heavy (non-hydrogen) atoms. The second-order valence-corrected chi connectivity index (χ2v) is 5.59. The third-order valence-corrected chi connectivity index (χ3v) is 3.93. The lowest BCUT2D eigenvalue weighted by molar-refractivity contribution is -0.140. The number of hydrogen-bond donors (Lipinski definition) is 0. The monoisotopic (exact) mass is 313 g/mol. The van der Waals surface area contributed by atoms with Gasteiger partial charge in [0.05, 0.1) is 5.70 Å². The maximum Gasteiger partial charge on any atom is 0.415 e. The van der Waals surface area contributed by atoms with Crippen LogP contribution in [0.5, 0.6) is 0 Å². The van der Waals surface area contributed by atoms with Crippen molar-refractivity contribution in [2.45, 2.75) is 32.3 Å². The highest BCUT2D eigenvalue weighted by atomic mass is 16.6. The summed E-state index contributed by atoms with van der Waals surface area (Å²) >= 11 is 0. The van der Waals surface area contributed by atoms with Crippen molar-refractivity contribution < 1.29 is 19.1 Å². The Morgan fingerprint density at radius 1 is 1.22 bits per heavy atom. The number of carbonyl (C=O) groups excluding carboxylic acids is 2. The molecule has 1 aliphatic heterocycles. The van der Waals surface area contributed by atoms with Crippen LogP contribution in [0.25, 0.3) is 0 Å². The number of rotatable bonds is 3. The van der Waals surface area contributed by atoms with Crippen molar-refractivity contribution in [1.82, 2.24) is 4.90 Å². The van der Waals surface area contributed by atoms with Crippen LogP contribution < -0.4 is 0 Å². The van der Waals surface area contributed by atoms with E-state index in [9.17, 15) is 9.59 Å². The smallest absolute Gasteiger partial charge is 0.415 e. The largest absolute Gasteiger partial charge is 0.444 e. The Morgan fingerprint density at radius 2 is 2.04 bits per heavy atom. The van der Waals surface area contributed by atoms with Crippen LogP contribution in [0.2, 0.25) is 0 Å². The van der Waals surface area contributed by atoms with E-state index in [2.05, 4.69) is 6.08 Å². The Hall–Kier alpha value is -2.56. The fraction of sp³-hybridized carbons (Fsp3) is 0.333. The fourth-order valence-corrected chi connectivity index (χ4v) is 2.72. The van der Waals surface area contributed by atoms with Gasteiger partial charge in [0.1, 0.15) is 19.4 Å². The van der Waals surface area contributed by atoms with Gasteiger partial charge in [-0.05, 0) is 36.8 Å². The number of benzene rings is 1. The Morgan fingerprint density at radius 3 is 2.78 bits per heavy atom. The van der Waals surface area contributed by atoms with Crippen molar-refractivity contribution in [3.63, 3.8) is 0 Å². The Kier molecular flexibility index (Phi) is 4.76. The summed E-state index contributed by atoms with van der Waals surface area (Å²) in [4.78, 5) is 25.3. The highest BCUT2D eigenvalue weighted by Crippen LogP contribution is 2.28. The molecule has 0 fully saturated rings. The molecular weight excluding hydrogens is 294 g/mol. The molecule has 2 aliphatic rings. The molecular formula is C18H19NO4. The van der Waals surface area contributed by atoms with Gasteiger partial charge in [-0.25, -0.2) is 9.59 Å². The zero-order chi connectivity index (χ0) is 16.1. The number of amides is 1. The van der Waals surface area contributed by atoms with Gasteiger partial charge in [-0.2, -0.15) is 0 Å². The average molecular weight is 313 g/mol. The zero-order valence-corrected chi connectivity index (χ0v) is 12.9. The summed E-state index contributed by atoms with van der Waals surface area (Å²) in [5, 5.41) is 0. The number of ether oxygens (including phenoxy) is 2. The van der Waals surface area contributed by atoms with Gasteiger partial charge in [0.15, 0.2) is 0 Å². The molecule has 0 saturated heterocycles. The Labute approximate surface area is 135 Å². The Balaban J connectivity index is 1.71. The number of nitrogens with zero attached hydrogens (tertiary/aromatic N) is 1. The highest BCUT2D eigenvalue weighted by molar-refractivity contribution is 5.82. The van der Waals surface area contributed by atoms with Crippen molar-refractivity contribution in [1.29, 1.82) is 0 Å². The number of carbonyl (C=O) groups is 2. The second-order valence-electron chi connectivity index (χ2n) is 5.59. The summed E-state index contributed by atoms with van der Waals surface area (Å²) in [6.07, 6.45) is 7.03. The van der Waals surface area contributed by atoms with Crippen LogP contribution in [0, 0.1) is 0 Å². The lowest BCUT2D eigenvalue weighted by Crippen LogP contribution is -2.39. The third-order valence-electron chi connectivity index (χ3n) is 3.93. The van der Waals surface area contributed by atoms with Crippen LogP contribution in [0.4, 0.5) is 4.79 Å². The molecule has 120 valence electrons. The van der Waals surface area contributed by atoms with Crippen molar-refractivity contribution in [3.05, 3.63) is 59.5 Å². The first-order valence-corrected chi connectivity index (χ1v) is 7.81. The fourth-order valence-electron chi connectivity index (χ4n) is 2.72. The highest BCUT2D eigenvalue weighted by Gasteiger charge is 2.29. The van der Waals surface area contributed by atoms with E-state index in [1.807, 2.05) is 30.3 Å². The van der Waals surface area contributed by atoms with E-state index in [-0.39, 0.29) is 13.2 Å². The van der Waals surface area contributed by atoms with E-state index in [4.69, 9.17) is 9.47 Å². The van der Waals surface area contributed by atoms with Crippen molar-refractivity contribution in [3.8, 4) is 0 Å². The topological polar surface area (TPSA) is 55.8 Å². The molecule has 1 aliphatic carbocycles. The first-order chi connectivity index (χ1) is 11.2. The van der Waals surface area contributed by atoms with Gasteiger partial charge in [0.25, 0.3) is 0 Å². The van der Waals surface area contributed by atoms with E-state index >= 15 is 0 Å². The quantitative estimate of drug-likeness (QED) is 0.801. The summed E-state index contributed by atoms with van der Waals surface area (Å²) in [6, 6.07) is 9.46. The summed E-state index contributed by atoms with van der Waals surface area (Å²) in [6.45, 7) is 0.0638. The lowest BCUT2D eigenvalue weighted by Gasteiger charge is -2.29. The third kappa shape index (κ3) is 3.80. The van der Waals surface area contributed by atoms with E-state index in [1.165, 1.54) is 11.2 Å². The minimum atomic E-state index is -0.525. The lowest BCUT2D eigenvalue weighted by atomic mass is 9.96. The molecule has 0 N–H and O–H groups in total. The molecule has 1 amide bonds. The van der Waals surface area contributed by atoms with Crippen LogP contribution in [-0.2, 0) is 20.9 Å². The van der Waals surface area contributed by atoms with Crippen LogP contribution in [0.3, 0.4) is 0 Å². The summed E-state index contributed by atoms with van der Waals surface area (Å²) in [7, 11) is 0. The van der Waals surface area contributed by atoms with Crippen molar-refractivity contribution in [2.24, 2.45) is 0 Å². The molecule has 1 heterocycles. The molecule has 0 bridgehead atoms. The van der Waals surface area contributed by atoms with E-state index < -0.39 is 12.1 Å². The van der Waals surface area contributed by atoms with Crippen LogP contribution >= 0.6 is 0 Å². The standard InChI is InChI=1S/C18H19NO4/c20-17-11-19(16(13-22-17)15-9-5-2-6-10-15)18(21)23-12-14-7-3-1-4-8-14/h1,3-4,7-9,13H,2,5-6,10-12H2. The van der Waals surface area contributed by atoms with Gasteiger partial charge in [-0.15, -0.1) is 0 Å². The molecule has 3 rings (SSSR count). The SMILES string of the molecule is O=C1CN(C(=O)OCc2ccccc2)C(C2=CCCCC2)=CO1. The zero-order valence-electron chi connectivity index (χ0n) is 12.9. The molecule has 0 radical (unpaired) electrons. The van der Waals surface area contributed by atoms with Gasteiger partial charge in [0.2, 0.25) is 0 Å². The van der Waals surface area contributed by atoms with Gasteiger partial charge in [0, 0.05) is 0 Å². The Bertz CT molecular complexity index is 648. The van der Waals surface area contributed by atoms with Gasteiger partial charge in [-0.1, -0.05) is 36.4 Å². The molecule has 0 spiro atoms. The number of esters is 1. The van der Waals surface area contributed by atoms with Gasteiger partial charge >= 0.3 is 12.1 Å². The predicted octanol–water partition coefficient (Wildman–Crippen LogP) is 3.52. The molecule has 5 heteroatoms. The predicted molar refractivity (Wildman–Crippen MR) is 84.1 cm³/mol. The molecule has 1 aromatic carbocycles. The molecule has 0 aromatic heterocycles. The molecule has 0 unspecified atom stereocenters. The molecule has 0 atom stereocenters. The summed E-state index contributed by atoms with van der Waals surface area (Å²) < 4.78 is 10.3. The van der Waals surface area contributed by atoms with Crippen LogP contribution in [-0.4, -0.2) is 23.5 Å². The van der Waals surface area contributed by atoms with E-state index in [1.54, 1.807) is 0 Å². The first-order valence-electron chi connectivity index (χ1n) is 7.81. The minimum Gasteiger partial charge on any atom is -0.444 e. The van der Waals surface area contributed by atoms with Gasteiger partial charge in [-0.3, -0.25) is 4.90 Å². The normalized spacial score (nSPS) is 17.9. The molecule has 0 saturated carbocycles. The average Bonchev–Trinajstić information content (AvgIpc) is 2.61. The van der Waals surface area contributed by atoms with Gasteiger partial charge < -0.3 is 9.47 Å². The number of allylic oxidation sites excluding steroid dienone is 2. The summed E-state index contributed by atoms with van der Waals surface area (Å²) in [5.41, 5.74) is 2.59. The maximum absolute atomic E-state index is 12.4. The van der Waals surface area contributed by atoms with Crippen molar-refractivity contribution in [2.75, 3.05) is 6.54 Å². The number of hydrogen-bond acceptors (Lipinski definition) is 4. The van der Waals surface area contributed by atoms with E-state index in [0.29, 0.717) is 5.70 Å². The van der Waals surface area contributed by atoms with Crippen LogP contribution in [0.15, 0.2) is 53.9 Å². The first kappa shape index (κ1) is 15.3. The number of cyclic esters (lactones) is 1. The van der Waals surface area contributed by atoms with Crippen LogP contribution in [0.1, 0.15) is 31.2 Å². The van der Waals surface area contributed by atoms with E-state index in [0.717, 1.165) is 36.8 Å². The molecule has 5 nitrogen and oxygen atoms in total. The molecule has 1 aromatic rings. The summed E-state index contributed by atoms with van der Waals surface area (Å²) in [5.74, 6) is -0.457. The van der Waals surface area contributed by atoms with Crippen molar-refractivity contribution >= 4 is 12.1 Å². The second kappa shape index (κ2) is 7.13. The minimum absolute atomic E-state index is 0.114. The maximum atomic E-state index is 12.4.